The van der Waals surface area contributed by atoms with E-state index in [0.29, 0.717) is 17.9 Å². The molecule has 0 atom stereocenters. The smallest absolute Gasteiger partial charge is 0.240 e. The molecule has 0 unspecified atom stereocenters. The van der Waals surface area contributed by atoms with Gasteiger partial charge in [0.25, 0.3) is 0 Å². The largest absolute Gasteiger partial charge is 0.496 e. The van der Waals surface area contributed by atoms with E-state index in [0.717, 1.165) is 11.1 Å². The van der Waals surface area contributed by atoms with Crippen molar-refractivity contribution in [2.24, 2.45) is 10.2 Å². The fourth-order valence-corrected chi connectivity index (χ4v) is 2.42. The first-order chi connectivity index (χ1) is 14.1. The van der Waals surface area contributed by atoms with E-state index >= 15 is 0 Å². The molecule has 0 aromatic heterocycles. The number of nitrogens with zero attached hydrogens (tertiary/aromatic N) is 2. The lowest BCUT2D eigenvalue weighted by Gasteiger charge is -2.04. The van der Waals surface area contributed by atoms with Gasteiger partial charge in [-0.05, 0) is 30.7 Å². The van der Waals surface area contributed by atoms with Crippen molar-refractivity contribution in [1.82, 2.24) is 10.9 Å². The molecule has 2 aromatic rings. The van der Waals surface area contributed by atoms with Crippen LogP contribution < -0.4 is 20.3 Å². The predicted octanol–water partition coefficient (Wildman–Crippen LogP) is 2.47. The average Bonchev–Trinajstić information content (AvgIpc) is 2.74. The van der Waals surface area contributed by atoms with Crippen molar-refractivity contribution in [2.75, 3.05) is 14.2 Å². The van der Waals surface area contributed by atoms with Crippen LogP contribution in [-0.4, -0.2) is 38.5 Å². The van der Waals surface area contributed by atoms with Crippen LogP contribution in [0.15, 0.2) is 58.7 Å². The third-order valence-electron chi connectivity index (χ3n) is 3.87. The highest BCUT2D eigenvalue weighted by molar-refractivity contribution is 5.86. The summed E-state index contributed by atoms with van der Waals surface area (Å²) < 4.78 is 10.4. The van der Waals surface area contributed by atoms with E-state index in [4.69, 9.17) is 9.47 Å². The van der Waals surface area contributed by atoms with Gasteiger partial charge in [0.15, 0.2) is 0 Å². The zero-order valence-corrected chi connectivity index (χ0v) is 16.4. The molecule has 2 aromatic carbocycles. The van der Waals surface area contributed by atoms with Crippen LogP contribution in [0.5, 0.6) is 11.5 Å². The summed E-state index contributed by atoms with van der Waals surface area (Å²) >= 11 is 0. The van der Waals surface area contributed by atoms with Crippen molar-refractivity contribution in [1.29, 1.82) is 0 Å². The lowest BCUT2D eigenvalue weighted by atomic mass is 10.2. The maximum atomic E-state index is 11.8. The lowest BCUT2D eigenvalue weighted by Crippen LogP contribution is -2.20. The van der Waals surface area contributed by atoms with Gasteiger partial charge < -0.3 is 9.47 Å². The number of carbonyl (C=O) groups is 2. The number of nitrogens with one attached hydrogen (secondary N) is 2. The number of carbonyl (C=O) groups excluding carboxylic acids is 2. The molecule has 2 rings (SSSR count). The number of rotatable bonds is 10. The Labute approximate surface area is 169 Å². The molecule has 0 aliphatic rings. The van der Waals surface area contributed by atoms with Crippen molar-refractivity contribution < 1.29 is 19.1 Å². The fourth-order valence-electron chi connectivity index (χ4n) is 2.42. The number of benzene rings is 2. The average molecular weight is 396 g/mol. The molecule has 29 heavy (non-hydrogen) atoms. The molecule has 0 bridgehead atoms. The van der Waals surface area contributed by atoms with E-state index in [1.807, 2.05) is 36.4 Å². The van der Waals surface area contributed by atoms with Crippen LogP contribution in [0.2, 0.25) is 0 Å². The van der Waals surface area contributed by atoms with Crippen LogP contribution in [0.25, 0.3) is 0 Å². The third-order valence-corrected chi connectivity index (χ3v) is 3.87. The van der Waals surface area contributed by atoms with Crippen molar-refractivity contribution >= 4 is 24.2 Å². The number of hydrogen-bond acceptors (Lipinski definition) is 6. The number of ether oxygens (including phenoxy) is 2. The number of hydrogen-bond donors (Lipinski definition) is 2. The Balaban J connectivity index is 1.68. The molecule has 8 heteroatoms. The summed E-state index contributed by atoms with van der Waals surface area (Å²) in [6.07, 6.45) is 3.75. The van der Waals surface area contributed by atoms with E-state index in [2.05, 4.69) is 21.1 Å². The van der Waals surface area contributed by atoms with E-state index in [-0.39, 0.29) is 24.7 Å². The van der Waals surface area contributed by atoms with Crippen LogP contribution in [-0.2, 0) is 9.59 Å². The molecule has 0 spiro atoms. The molecule has 0 aliphatic carbocycles. The number of amides is 2. The first kappa shape index (κ1) is 21.6. The zero-order valence-electron chi connectivity index (χ0n) is 16.4. The molecule has 8 nitrogen and oxygen atoms in total. The van der Waals surface area contributed by atoms with E-state index in [1.54, 1.807) is 26.4 Å². The topological polar surface area (TPSA) is 101 Å². The predicted molar refractivity (Wildman–Crippen MR) is 111 cm³/mol. The van der Waals surface area contributed by atoms with Gasteiger partial charge in [0.2, 0.25) is 11.8 Å². The quantitative estimate of drug-likeness (QED) is 0.476. The Hall–Kier alpha value is -3.68. The lowest BCUT2D eigenvalue weighted by molar-refractivity contribution is -0.122. The first-order valence-corrected chi connectivity index (χ1v) is 9.04. The van der Waals surface area contributed by atoms with Gasteiger partial charge in [0.1, 0.15) is 11.5 Å². The van der Waals surface area contributed by atoms with E-state index in [9.17, 15) is 9.59 Å². The SMILES string of the molecule is COc1ccccc1/C=N\NC(=O)CCCC(=O)N/N=C/c1ccccc1OC. The van der Waals surface area contributed by atoms with E-state index < -0.39 is 0 Å². The summed E-state index contributed by atoms with van der Waals surface area (Å²) in [4.78, 5) is 23.6. The molecule has 0 aliphatic heterocycles. The molecule has 2 N–H and O–H groups in total. The molecular weight excluding hydrogens is 372 g/mol. The molecule has 0 saturated heterocycles. The highest BCUT2D eigenvalue weighted by atomic mass is 16.5. The summed E-state index contributed by atoms with van der Waals surface area (Å²) in [6, 6.07) is 14.6. The molecule has 0 saturated carbocycles. The second kappa shape index (κ2) is 11.9. The summed E-state index contributed by atoms with van der Waals surface area (Å²) in [5.74, 6) is 0.773. The Morgan fingerprint density at radius 1 is 0.793 bits per heavy atom. The van der Waals surface area contributed by atoms with Gasteiger partial charge in [-0.3, -0.25) is 9.59 Å². The Morgan fingerprint density at radius 2 is 1.21 bits per heavy atom. The maximum absolute atomic E-state index is 11.8. The van der Waals surface area contributed by atoms with Gasteiger partial charge in [-0.1, -0.05) is 24.3 Å². The Morgan fingerprint density at radius 3 is 1.62 bits per heavy atom. The van der Waals surface area contributed by atoms with E-state index in [1.165, 1.54) is 12.4 Å². The second-order valence-corrected chi connectivity index (χ2v) is 5.92. The minimum atomic E-state index is -0.276. The maximum Gasteiger partial charge on any atom is 0.240 e. The molecular formula is C21H24N4O4. The summed E-state index contributed by atoms with van der Waals surface area (Å²) in [6.45, 7) is 0. The summed E-state index contributed by atoms with van der Waals surface area (Å²) in [5, 5.41) is 7.81. The van der Waals surface area contributed by atoms with Gasteiger partial charge in [0.05, 0.1) is 26.6 Å². The van der Waals surface area contributed by atoms with Gasteiger partial charge in [-0.15, -0.1) is 0 Å². The van der Waals surface area contributed by atoms with Crippen LogP contribution in [0.3, 0.4) is 0 Å². The van der Waals surface area contributed by atoms with Gasteiger partial charge in [0, 0.05) is 24.0 Å². The normalized spacial score (nSPS) is 10.8. The first-order valence-electron chi connectivity index (χ1n) is 9.04. The van der Waals surface area contributed by atoms with Gasteiger partial charge >= 0.3 is 0 Å². The minimum Gasteiger partial charge on any atom is -0.496 e. The molecule has 0 heterocycles. The Bertz CT molecular complexity index is 809. The number of para-hydroxylation sites is 2. The van der Waals surface area contributed by atoms with Crippen molar-refractivity contribution in [2.45, 2.75) is 19.3 Å². The zero-order chi connectivity index (χ0) is 20.9. The molecule has 0 fully saturated rings. The summed E-state index contributed by atoms with van der Waals surface area (Å²) in [7, 11) is 3.13. The van der Waals surface area contributed by atoms with Crippen LogP contribution in [0.1, 0.15) is 30.4 Å². The van der Waals surface area contributed by atoms with Crippen molar-refractivity contribution in [3.63, 3.8) is 0 Å². The third kappa shape index (κ3) is 7.45. The fraction of sp³-hybridized carbons (Fsp3) is 0.238. The van der Waals surface area contributed by atoms with Crippen LogP contribution in [0, 0.1) is 0 Å². The minimum absolute atomic E-state index is 0.174. The second-order valence-electron chi connectivity index (χ2n) is 5.92. The highest BCUT2D eigenvalue weighted by Crippen LogP contribution is 2.15. The van der Waals surface area contributed by atoms with Gasteiger partial charge in [-0.2, -0.15) is 10.2 Å². The molecule has 0 radical (unpaired) electrons. The number of hydrazone groups is 2. The van der Waals surface area contributed by atoms with Gasteiger partial charge in [-0.25, -0.2) is 10.9 Å². The Kier molecular flexibility index (Phi) is 8.88. The number of methoxy groups -OCH3 is 2. The van der Waals surface area contributed by atoms with Crippen LogP contribution in [0.4, 0.5) is 0 Å². The standard InChI is InChI=1S/C21H24N4O4/c1-28-18-10-5-3-8-16(18)14-22-24-20(26)12-7-13-21(27)25-23-15-17-9-4-6-11-19(17)29-2/h3-6,8-11,14-15H,7,12-13H2,1-2H3,(H,24,26)(H,25,27)/b22-14-,23-15+. The van der Waals surface area contributed by atoms with Crippen LogP contribution >= 0.6 is 0 Å². The van der Waals surface area contributed by atoms with Crippen molar-refractivity contribution in [3.05, 3.63) is 59.7 Å². The highest BCUT2D eigenvalue weighted by Gasteiger charge is 2.05. The monoisotopic (exact) mass is 396 g/mol. The molecule has 152 valence electrons. The van der Waals surface area contributed by atoms with Crippen molar-refractivity contribution in [3.8, 4) is 11.5 Å². The summed E-state index contributed by atoms with van der Waals surface area (Å²) in [5.41, 5.74) is 6.37. The molecule has 2 amide bonds.